The minimum absolute atomic E-state index is 0.788. The van der Waals surface area contributed by atoms with Crippen LogP contribution in [0, 0.1) is 11.8 Å². The predicted molar refractivity (Wildman–Crippen MR) is 203 cm³/mol. The first-order valence-corrected chi connectivity index (χ1v) is 21.3. The quantitative estimate of drug-likeness (QED) is 0.0540. The molecular weight excluding hydrogens is 672 g/mol. The molecule has 1 aromatic rings. The van der Waals surface area contributed by atoms with Crippen molar-refractivity contribution in [2.45, 2.75) is 192 Å². The van der Waals surface area contributed by atoms with Gasteiger partial charge in [-0.05, 0) is 36.8 Å². The van der Waals surface area contributed by atoms with Crippen LogP contribution in [-0.2, 0) is 10.7 Å². The van der Waals surface area contributed by atoms with Crippen LogP contribution in [0.3, 0.4) is 0 Å². The van der Waals surface area contributed by atoms with Crippen LogP contribution in [0.5, 0.6) is 11.5 Å². The molecule has 0 fully saturated rings. The molecule has 44 heavy (non-hydrogen) atoms. The normalized spacial score (nSPS) is 12.9. The van der Waals surface area contributed by atoms with E-state index in [4.69, 9.17) is 9.47 Å². The van der Waals surface area contributed by atoms with Crippen molar-refractivity contribution < 1.29 is 9.47 Å². The summed E-state index contributed by atoms with van der Waals surface area (Å²) in [5, 5.41) is 1.58. The predicted octanol–water partition coefficient (Wildman–Crippen LogP) is 14.9. The van der Waals surface area contributed by atoms with E-state index < -0.39 is 0 Å². The van der Waals surface area contributed by atoms with Gasteiger partial charge in [0.2, 0.25) is 0 Å². The van der Waals surface area contributed by atoms with E-state index in [1.54, 1.807) is 0 Å². The summed E-state index contributed by atoms with van der Waals surface area (Å²) in [5.74, 6) is 3.86. The lowest BCUT2D eigenvalue weighted by atomic mass is 9.97. The molecule has 0 bridgehead atoms. The van der Waals surface area contributed by atoms with Crippen molar-refractivity contribution in [3.63, 3.8) is 0 Å². The highest BCUT2D eigenvalue weighted by molar-refractivity contribution is 9.08. The van der Waals surface area contributed by atoms with E-state index in [2.05, 4.69) is 71.7 Å². The molecule has 0 aliphatic carbocycles. The highest BCUT2D eigenvalue weighted by Crippen LogP contribution is 2.32. The Morgan fingerprint density at radius 2 is 0.750 bits per heavy atom. The summed E-state index contributed by atoms with van der Waals surface area (Å²) in [6, 6.07) is 4.38. The van der Waals surface area contributed by atoms with E-state index in [0.717, 1.165) is 60.1 Å². The zero-order chi connectivity index (χ0) is 32.1. The first-order valence-electron chi connectivity index (χ1n) is 19.1. The number of ether oxygens (including phenoxy) is 2. The zero-order valence-corrected chi connectivity index (χ0v) is 32.9. The standard InChI is InChI=1S/C40H72Br2O2/c1-5-7-25-35(3)27-21-17-13-9-11-15-19-23-29-43-39-31-38(34-42)40(32-37(39)33-41)44-30-24-20-16-12-10-14-18-22-28-36(4)26-8-6-2/h31-32,35-36H,5-30,33-34H2,1-4H3. The molecule has 4 heteroatoms. The minimum Gasteiger partial charge on any atom is -0.493 e. The average Bonchev–Trinajstić information content (AvgIpc) is 3.03. The molecular formula is C40H72Br2O2. The molecule has 258 valence electrons. The van der Waals surface area contributed by atoms with E-state index in [0.29, 0.717) is 0 Å². The summed E-state index contributed by atoms with van der Waals surface area (Å²) in [6.45, 7) is 11.1. The number of benzene rings is 1. The van der Waals surface area contributed by atoms with Crippen molar-refractivity contribution >= 4 is 31.9 Å². The van der Waals surface area contributed by atoms with Gasteiger partial charge in [-0.1, -0.05) is 201 Å². The lowest BCUT2D eigenvalue weighted by molar-refractivity contribution is 0.293. The molecule has 0 N–H and O–H groups in total. The molecule has 0 spiro atoms. The van der Waals surface area contributed by atoms with Gasteiger partial charge in [0.15, 0.2) is 0 Å². The first-order chi connectivity index (χ1) is 21.5. The van der Waals surface area contributed by atoms with Gasteiger partial charge in [0.1, 0.15) is 11.5 Å². The van der Waals surface area contributed by atoms with Gasteiger partial charge in [-0.25, -0.2) is 0 Å². The second kappa shape index (κ2) is 30.1. The van der Waals surface area contributed by atoms with Crippen LogP contribution >= 0.6 is 31.9 Å². The maximum absolute atomic E-state index is 6.26. The molecule has 0 heterocycles. The third-order valence-corrected chi connectivity index (χ3v) is 10.5. The Labute approximate surface area is 292 Å². The Morgan fingerprint density at radius 3 is 1.07 bits per heavy atom. The highest BCUT2D eigenvalue weighted by Gasteiger charge is 2.12. The molecule has 1 aromatic carbocycles. The van der Waals surface area contributed by atoms with E-state index in [1.165, 1.54) is 152 Å². The Bertz CT molecular complexity index is 704. The van der Waals surface area contributed by atoms with Crippen LogP contribution in [-0.4, -0.2) is 13.2 Å². The van der Waals surface area contributed by atoms with Crippen molar-refractivity contribution in [2.24, 2.45) is 11.8 Å². The second-order valence-corrected chi connectivity index (χ2v) is 14.9. The monoisotopic (exact) mass is 742 g/mol. The third kappa shape index (κ3) is 22.3. The molecule has 0 aliphatic rings. The fourth-order valence-corrected chi connectivity index (χ4v) is 7.07. The van der Waals surface area contributed by atoms with Crippen LogP contribution in [0.1, 0.15) is 193 Å². The van der Waals surface area contributed by atoms with Gasteiger partial charge in [-0.2, -0.15) is 0 Å². The molecule has 0 aliphatic heterocycles. The van der Waals surface area contributed by atoms with Crippen LogP contribution in [0.15, 0.2) is 12.1 Å². The summed E-state index contributed by atoms with van der Waals surface area (Å²) in [6.07, 6.45) is 32.7. The minimum atomic E-state index is 0.788. The van der Waals surface area contributed by atoms with E-state index in [1.807, 2.05) is 0 Å². The van der Waals surface area contributed by atoms with Crippen LogP contribution in [0.25, 0.3) is 0 Å². The van der Waals surface area contributed by atoms with E-state index >= 15 is 0 Å². The molecule has 0 saturated carbocycles. The topological polar surface area (TPSA) is 18.5 Å². The van der Waals surface area contributed by atoms with Gasteiger partial charge in [0, 0.05) is 21.8 Å². The van der Waals surface area contributed by atoms with Gasteiger partial charge in [-0.15, -0.1) is 0 Å². The number of hydrogen-bond acceptors (Lipinski definition) is 2. The van der Waals surface area contributed by atoms with Crippen LogP contribution in [0.2, 0.25) is 0 Å². The van der Waals surface area contributed by atoms with Crippen molar-refractivity contribution in [2.75, 3.05) is 13.2 Å². The van der Waals surface area contributed by atoms with Gasteiger partial charge in [0.25, 0.3) is 0 Å². The maximum atomic E-state index is 6.26. The number of halogens is 2. The second-order valence-electron chi connectivity index (χ2n) is 13.8. The van der Waals surface area contributed by atoms with Gasteiger partial charge in [-0.3, -0.25) is 0 Å². The third-order valence-electron chi connectivity index (χ3n) is 9.33. The van der Waals surface area contributed by atoms with Gasteiger partial charge in [0.05, 0.1) is 13.2 Å². The summed E-state index contributed by atoms with van der Waals surface area (Å²) in [7, 11) is 0. The van der Waals surface area contributed by atoms with Crippen molar-refractivity contribution in [3.05, 3.63) is 23.3 Å². The SMILES string of the molecule is CCCCC(C)CCCCCCCCCCOc1cc(CBr)c(OCCCCCCCCCCC(C)CCCC)cc1CBr. The lowest BCUT2D eigenvalue weighted by Gasteiger charge is -2.16. The van der Waals surface area contributed by atoms with Crippen molar-refractivity contribution in [3.8, 4) is 11.5 Å². The van der Waals surface area contributed by atoms with Crippen LogP contribution < -0.4 is 9.47 Å². The van der Waals surface area contributed by atoms with E-state index in [9.17, 15) is 0 Å². The fourth-order valence-electron chi connectivity index (χ4n) is 6.19. The smallest absolute Gasteiger partial charge is 0.123 e. The molecule has 1 rings (SSSR count). The Hall–Kier alpha value is -0.220. The number of hydrogen-bond donors (Lipinski definition) is 0. The molecule has 0 aromatic heterocycles. The molecule has 0 saturated heterocycles. The Morgan fingerprint density at radius 1 is 0.455 bits per heavy atom. The molecule has 0 radical (unpaired) electrons. The first kappa shape index (κ1) is 41.8. The van der Waals surface area contributed by atoms with Crippen LogP contribution in [0.4, 0.5) is 0 Å². The molecule has 2 nitrogen and oxygen atoms in total. The zero-order valence-electron chi connectivity index (χ0n) is 29.7. The van der Waals surface area contributed by atoms with Crippen molar-refractivity contribution in [1.82, 2.24) is 0 Å². The molecule has 2 unspecified atom stereocenters. The fraction of sp³-hybridized carbons (Fsp3) is 0.850. The summed E-state index contributed by atoms with van der Waals surface area (Å²) in [5.41, 5.74) is 2.38. The highest BCUT2D eigenvalue weighted by atomic mass is 79.9. The summed E-state index contributed by atoms with van der Waals surface area (Å²) >= 11 is 7.36. The van der Waals surface area contributed by atoms with Gasteiger partial charge >= 0.3 is 0 Å². The lowest BCUT2D eigenvalue weighted by Crippen LogP contribution is -2.04. The summed E-state index contributed by atoms with van der Waals surface area (Å²) in [4.78, 5) is 0. The average molecular weight is 745 g/mol. The summed E-state index contributed by atoms with van der Waals surface area (Å²) < 4.78 is 12.5. The Kier molecular flexibility index (Phi) is 28.6. The maximum Gasteiger partial charge on any atom is 0.123 e. The largest absolute Gasteiger partial charge is 0.493 e. The van der Waals surface area contributed by atoms with E-state index in [-0.39, 0.29) is 0 Å². The molecule has 2 atom stereocenters. The number of unbranched alkanes of at least 4 members (excludes halogenated alkanes) is 16. The van der Waals surface area contributed by atoms with Crippen molar-refractivity contribution in [1.29, 1.82) is 0 Å². The Balaban J connectivity index is 2.14. The number of rotatable bonds is 32. The number of alkyl halides is 2. The van der Waals surface area contributed by atoms with Gasteiger partial charge < -0.3 is 9.47 Å². The molecule has 0 amide bonds.